The molecule has 24 heteroatoms. The van der Waals surface area contributed by atoms with Gasteiger partial charge in [0, 0.05) is 12.3 Å². The van der Waals surface area contributed by atoms with E-state index in [0.29, 0.717) is 4.57 Å². The van der Waals surface area contributed by atoms with Gasteiger partial charge in [-0.15, -0.1) is 0 Å². The van der Waals surface area contributed by atoms with E-state index in [1.165, 1.54) is 0 Å². The number of aromatic amines is 1. The fourth-order valence-corrected chi connectivity index (χ4v) is 5.04. The summed E-state index contributed by atoms with van der Waals surface area (Å²) < 4.78 is 48.9. The third-order valence-corrected chi connectivity index (χ3v) is 6.92. The number of aromatic nitrogens is 2. The molecule has 1 fully saturated rings. The van der Waals surface area contributed by atoms with Crippen LogP contribution in [-0.4, -0.2) is 44.7 Å². The topological polar surface area (TPSA) is 276 Å². The summed E-state index contributed by atoms with van der Waals surface area (Å²) in [7, 11) is -18.2. The molecule has 1 aromatic rings. The first kappa shape index (κ1) is 38.9. The van der Waals surface area contributed by atoms with Gasteiger partial charge in [-0.2, -0.15) is 0 Å². The predicted molar refractivity (Wildman–Crippen MR) is 78.2 cm³/mol. The van der Waals surface area contributed by atoms with Crippen molar-refractivity contribution < 1.29 is 137 Å². The summed E-state index contributed by atoms with van der Waals surface area (Å²) in [4.78, 5) is 67.6. The third kappa shape index (κ3) is 12.0. The van der Waals surface area contributed by atoms with Crippen molar-refractivity contribution in [3.8, 4) is 0 Å². The van der Waals surface area contributed by atoms with Crippen molar-refractivity contribution in [2.45, 2.75) is 24.5 Å². The van der Waals surface area contributed by atoms with E-state index >= 15 is 0 Å². The first-order chi connectivity index (χ1) is 13.1. The van der Waals surface area contributed by atoms with Crippen LogP contribution in [0.15, 0.2) is 21.9 Å². The molecule has 0 spiro atoms. The van der Waals surface area contributed by atoms with Gasteiger partial charge in [0.05, 0.1) is 14.4 Å². The average Bonchev–Trinajstić information content (AvgIpc) is 2.78. The van der Waals surface area contributed by atoms with Crippen LogP contribution in [0.25, 0.3) is 0 Å². The Hall–Kier alpha value is 1.36. The molecule has 1 aliphatic heterocycles. The summed E-state index contributed by atoms with van der Waals surface area (Å²) in [5.41, 5.74) is -1.80. The number of H-pyrrole nitrogens is 1. The van der Waals surface area contributed by atoms with Gasteiger partial charge in [0.2, 0.25) is 0 Å². The van der Waals surface area contributed by atoms with Gasteiger partial charge < -0.3 is 43.6 Å². The Bertz CT molecular complexity index is 1010. The molecular weight excluding hydrogens is 497 g/mol. The van der Waals surface area contributed by atoms with Crippen LogP contribution in [0.4, 0.5) is 0 Å². The van der Waals surface area contributed by atoms with E-state index in [-0.39, 0.29) is 75.4 Å². The molecule has 0 radical (unpaired) electrons. The third-order valence-electron chi connectivity index (χ3n) is 3.26. The minimum absolute atomic E-state index is 0. The zero-order valence-electron chi connectivity index (χ0n) is 17.7. The Morgan fingerprint density at radius 1 is 0.970 bits per heavy atom. The monoisotopic (exact) mass is 508 g/mol. The molecule has 0 amide bonds. The van der Waals surface area contributed by atoms with Crippen molar-refractivity contribution in [1.29, 1.82) is 0 Å². The molecule has 1 saturated heterocycles. The first-order valence-electron chi connectivity index (χ1n) is 7.15. The number of nitrogens with one attached hydrogen (secondary N) is 1. The van der Waals surface area contributed by atoms with Crippen LogP contribution < -0.4 is 106 Å². The Morgan fingerprint density at radius 3 is 2.00 bits per heavy atom. The van der Waals surface area contributed by atoms with Gasteiger partial charge >= 0.3 is 81.1 Å². The van der Waals surface area contributed by atoms with Gasteiger partial charge in [-0.3, -0.25) is 27.8 Å². The molecule has 1 aliphatic rings. The van der Waals surface area contributed by atoms with Gasteiger partial charge in [-0.25, -0.2) is 9.11 Å². The van der Waals surface area contributed by atoms with Gasteiger partial charge in [0.15, 0.2) is 6.23 Å². The summed E-state index contributed by atoms with van der Waals surface area (Å²) in [5.74, 6) is 0. The molecule has 3 N–H and O–H groups in total. The van der Waals surface area contributed by atoms with E-state index in [9.17, 15) is 53.1 Å². The number of phosphoric acid groups is 3. The molecule has 0 bridgehead atoms. The number of rotatable bonds is 8. The number of hydrogen-bond donors (Lipinski definition) is 3. The second-order valence-electron chi connectivity index (χ2n) is 5.36. The number of hydrogen-bond acceptors (Lipinski definition) is 15. The normalized spacial score (nSPS) is 25.8. The maximum Gasteiger partial charge on any atom is 1.00 e. The summed E-state index contributed by atoms with van der Waals surface area (Å²) in [6.07, 6.45) is -5.98. The molecule has 2 rings (SSSR count). The van der Waals surface area contributed by atoms with E-state index in [2.05, 4.69) is 13.1 Å². The summed E-state index contributed by atoms with van der Waals surface area (Å²) in [6, 6.07) is 0.893. The maximum atomic E-state index is 11.7. The number of nitrogens with zero attached hydrogens (tertiary/aromatic N) is 1. The second-order valence-corrected chi connectivity index (χ2v) is 9.61. The van der Waals surface area contributed by atoms with Crippen LogP contribution in [0.5, 0.6) is 0 Å². The maximum absolute atomic E-state index is 11.7. The van der Waals surface area contributed by atoms with Crippen molar-refractivity contribution in [1.82, 2.24) is 9.55 Å². The number of aliphatic hydroxyl groups excluding tert-OH is 2. The minimum Gasteiger partial charge on any atom is -0.790 e. The molecule has 166 valence electrons. The van der Waals surface area contributed by atoms with Crippen molar-refractivity contribution >= 4 is 23.5 Å². The molecule has 0 aromatic carbocycles. The number of phosphoric ester groups is 1. The predicted octanol–water partition coefficient (Wildman–Crippen LogP) is -17.0. The molecule has 2 heterocycles. The van der Waals surface area contributed by atoms with Crippen molar-refractivity contribution in [3.05, 3.63) is 33.1 Å². The van der Waals surface area contributed by atoms with E-state index in [4.69, 9.17) is 4.74 Å². The number of ether oxygens (including phenoxy) is 1. The van der Waals surface area contributed by atoms with Gasteiger partial charge in [-0.05, 0) is 0 Å². The Kier molecular flexibility index (Phi) is 17.6. The van der Waals surface area contributed by atoms with E-state index in [1.54, 1.807) is 0 Å². The van der Waals surface area contributed by atoms with E-state index < -0.39 is 65.9 Å². The minimum atomic E-state index is -6.17. The fraction of sp³-hybridized carbons (Fsp3) is 0.556. The molecule has 0 saturated carbocycles. The number of aliphatic hydroxyl groups is 2. The van der Waals surface area contributed by atoms with Crippen LogP contribution >= 0.6 is 23.5 Å². The van der Waals surface area contributed by atoms with E-state index in [0.717, 1.165) is 12.3 Å². The van der Waals surface area contributed by atoms with Gasteiger partial charge in [0.25, 0.3) is 21.2 Å². The quantitative estimate of drug-likeness (QED) is 0.217. The molecular formula is C9H11Li4N2O15P3. The standard InChI is InChI=1S/C9H15N2O15P3.4Li/c12-5-1-2-11(9(15)10-5)8-7(14)6(13)4(24-8)3-23-28(19,20)26-29(21,22)25-27(16,17)18;;;;/h1-2,4,6-8,13-14H,3H2,(H,19,20)(H,21,22)(H,10,12,15)(H2,16,17,18);;;;/q;4*+1/p-4. The zero-order chi connectivity index (χ0) is 22.2. The molecule has 17 nitrogen and oxygen atoms in total. The largest absolute Gasteiger partial charge is 1.00 e. The van der Waals surface area contributed by atoms with Crippen LogP contribution in [0, 0.1) is 0 Å². The SMILES string of the molecule is O=c1ccn(C2OC(COP(=O)([O-])OP(=O)([O-])OP(=O)([O-])[O-])C(O)C2O)c(=O)[nH]1.[Li+].[Li+].[Li+].[Li+]. The summed E-state index contributed by atoms with van der Waals surface area (Å²) >= 11 is 0. The fourth-order valence-electron chi connectivity index (χ4n) is 2.17. The first-order valence-corrected chi connectivity index (χ1v) is 11.5. The van der Waals surface area contributed by atoms with Crippen molar-refractivity contribution in [3.63, 3.8) is 0 Å². The van der Waals surface area contributed by atoms with Crippen molar-refractivity contribution in [2.24, 2.45) is 0 Å². The Labute approximate surface area is 232 Å². The molecule has 1 aromatic heterocycles. The second kappa shape index (κ2) is 14.9. The Morgan fingerprint density at radius 2 is 1.52 bits per heavy atom. The average molecular weight is 508 g/mol. The molecule has 6 unspecified atom stereocenters. The Balaban J connectivity index is -0.00000225. The van der Waals surface area contributed by atoms with E-state index in [1.807, 2.05) is 4.98 Å². The molecule has 33 heavy (non-hydrogen) atoms. The molecule has 0 aliphatic carbocycles. The summed E-state index contributed by atoms with van der Waals surface area (Å²) in [6.45, 7) is -1.17. The van der Waals surface area contributed by atoms with Gasteiger partial charge in [0.1, 0.15) is 18.3 Å². The van der Waals surface area contributed by atoms with Crippen LogP contribution in [0.1, 0.15) is 6.23 Å². The van der Waals surface area contributed by atoms with Crippen LogP contribution in [-0.2, 0) is 31.6 Å². The summed E-state index contributed by atoms with van der Waals surface area (Å²) in [5, 5.41) is 19.8. The van der Waals surface area contributed by atoms with Crippen LogP contribution in [0.3, 0.4) is 0 Å². The van der Waals surface area contributed by atoms with Crippen LogP contribution in [0.2, 0.25) is 0 Å². The molecule has 6 atom stereocenters. The van der Waals surface area contributed by atoms with Crippen molar-refractivity contribution in [2.75, 3.05) is 6.61 Å². The van der Waals surface area contributed by atoms with Gasteiger partial charge in [-0.1, -0.05) is 0 Å². The smallest absolute Gasteiger partial charge is 0.790 e. The zero-order valence-corrected chi connectivity index (χ0v) is 20.3.